The molecular formula is C31H56. The van der Waals surface area contributed by atoms with E-state index < -0.39 is 0 Å². The minimum Gasteiger partial charge on any atom is -0.0620 e. The third-order valence-corrected chi connectivity index (χ3v) is 12.5. The maximum absolute atomic E-state index is 2.81. The van der Waals surface area contributed by atoms with Crippen molar-refractivity contribution in [3.8, 4) is 0 Å². The molecule has 31 heavy (non-hydrogen) atoms. The first-order chi connectivity index (χ1) is 14.8. The molecule has 4 saturated carbocycles. The molecule has 0 heteroatoms. The minimum absolute atomic E-state index is 0.622. The van der Waals surface area contributed by atoms with Gasteiger partial charge in [0.25, 0.3) is 0 Å². The number of hydrogen-bond donors (Lipinski definition) is 0. The maximum atomic E-state index is 2.81. The minimum atomic E-state index is 0.622. The highest BCUT2D eigenvalue weighted by molar-refractivity contribution is 5.00. The van der Waals surface area contributed by atoms with E-state index in [1.807, 2.05) is 0 Å². The fourth-order valence-electron chi connectivity index (χ4n) is 9.28. The molecule has 8 unspecified atom stereocenters. The van der Waals surface area contributed by atoms with Crippen molar-refractivity contribution in [2.75, 3.05) is 0 Å². The van der Waals surface area contributed by atoms with Crippen molar-refractivity contribution < 1.29 is 0 Å². The zero-order valence-electron chi connectivity index (χ0n) is 22.1. The van der Waals surface area contributed by atoms with Crippen LogP contribution in [0.4, 0.5) is 0 Å². The van der Waals surface area contributed by atoms with Gasteiger partial charge in [-0.1, -0.05) is 92.4 Å². The average molecular weight is 429 g/mol. The first kappa shape index (κ1) is 24.1. The number of hydrogen-bond acceptors (Lipinski definition) is 0. The quantitative estimate of drug-likeness (QED) is 0.394. The van der Waals surface area contributed by atoms with Gasteiger partial charge in [-0.3, -0.25) is 0 Å². The van der Waals surface area contributed by atoms with Crippen LogP contribution in [0.25, 0.3) is 0 Å². The molecule has 4 aliphatic carbocycles. The van der Waals surface area contributed by atoms with Crippen LogP contribution in [0.15, 0.2) is 0 Å². The molecule has 0 spiro atoms. The molecule has 180 valence electrons. The third kappa shape index (κ3) is 4.94. The van der Waals surface area contributed by atoms with Gasteiger partial charge < -0.3 is 0 Å². The van der Waals surface area contributed by atoms with Crippen molar-refractivity contribution in [3.63, 3.8) is 0 Å². The zero-order chi connectivity index (χ0) is 22.1. The lowest BCUT2D eigenvalue weighted by molar-refractivity contribution is -0.0561. The van der Waals surface area contributed by atoms with Crippen LogP contribution in [0.1, 0.15) is 150 Å². The van der Waals surface area contributed by atoms with Crippen molar-refractivity contribution in [2.24, 2.45) is 45.8 Å². The summed E-state index contributed by atoms with van der Waals surface area (Å²) in [5.74, 6) is 4.99. The molecule has 4 rings (SSSR count). The van der Waals surface area contributed by atoms with E-state index in [0.29, 0.717) is 16.2 Å². The van der Waals surface area contributed by atoms with Crippen LogP contribution in [-0.2, 0) is 0 Å². The number of fused-ring (bicyclic) bond motifs is 1. The van der Waals surface area contributed by atoms with E-state index in [-0.39, 0.29) is 0 Å². The molecule has 0 aliphatic heterocycles. The van der Waals surface area contributed by atoms with E-state index in [9.17, 15) is 0 Å². The average Bonchev–Trinajstić information content (AvgIpc) is 2.77. The fraction of sp³-hybridized carbons (Fsp3) is 1.00. The topological polar surface area (TPSA) is 0 Å². The Kier molecular flexibility index (Phi) is 7.55. The molecule has 0 aromatic rings. The van der Waals surface area contributed by atoms with Crippen LogP contribution in [0.5, 0.6) is 0 Å². The Morgan fingerprint density at radius 2 is 1.16 bits per heavy atom. The summed E-state index contributed by atoms with van der Waals surface area (Å²) >= 11 is 0. The molecule has 0 saturated heterocycles. The van der Waals surface area contributed by atoms with Crippen molar-refractivity contribution in [1.82, 2.24) is 0 Å². The zero-order valence-corrected chi connectivity index (χ0v) is 22.1. The first-order valence-electron chi connectivity index (χ1n) is 14.8. The molecule has 0 aromatic carbocycles. The van der Waals surface area contributed by atoms with Gasteiger partial charge in [0.1, 0.15) is 0 Å². The molecule has 0 amide bonds. The summed E-state index contributed by atoms with van der Waals surface area (Å²) in [5, 5.41) is 0. The van der Waals surface area contributed by atoms with Crippen molar-refractivity contribution in [2.45, 2.75) is 150 Å². The summed E-state index contributed by atoms with van der Waals surface area (Å²) in [6, 6.07) is 0. The number of rotatable bonds is 6. The first-order valence-corrected chi connectivity index (χ1v) is 14.8. The molecule has 0 aromatic heterocycles. The van der Waals surface area contributed by atoms with Gasteiger partial charge in [0.2, 0.25) is 0 Å². The Hall–Kier alpha value is 0. The van der Waals surface area contributed by atoms with Crippen LogP contribution >= 0.6 is 0 Å². The Bertz CT molecular complexity index is 579. The predicted octanol–water partition coefficient (Wildman–Crippen LogP) is 10.2. The summed E-state index contributed by atoms with van der Waals surface area (Å²) in [4.78, 5) is 0. The van der Waals surface area contributed by atoms with E-state index in [4.69, 9.17) is 0 Å². The van der Waals surface area contributed by atoms with Gasteiger partial charge in [0.15, 0.2) is 0 Å². The van der Waals surface area contributed by atoms with Crippen LogP contribution in [0.2, 0.25) is 0 Å². The summed E-state index contributed by atoms with van der Waals surface area (Å²) in [6.45, 7) is 13.3. The highest BCUT2D eigenvalue weighted by atomic mass is 14.5. The summed E-state index contributed by atoms with van der Waals surface area (Å²) in [6.07, 6.45) is 27.3. The SMILES string of the molecule is CC1CCCCC1(C)CCC1CCC2CCCCC2C1(C)CCC1(C)CCCCC1C. The van der Waals surface area contributed by atoms with Gasteiger partial charge in [-0.15, -0.1) is 0 Å². The van der Waals surface area contributed by atoms with Crippen molar-refractivity contribution in [3.05, 3.63) is 0 Å². The van der Waals surface area contributed by atoms with Crippen LogP contribution in [0, 0.1) is 45.8 Å². The van der Waals surface area contributed by atoms with E-state index >= 15 is 0 Å². The van der Waals surface area contributed by atoms with Gasteiger partial charge in [-0.2, -0.15) is 0 Å². The molecule has 8 atom stereocenters. The van der Waals surface area contributed by atoms with Crippen molar-refractivity contribution in [1.29, 1.82) is 0 Å². The lowest BCUT2D eigenvalue weighted by Gasteiger charge is -2.55. The van der Waals surface area contributed by atoms with E-state index in [0.717, 1.165) is 29.6 Å². The molecule has 4 aliphatic rings. The Labute approximate surface area is 196 Å². The fourth-order valence-corrected chi connectivity index (χ4v) is 9.28. The largest absolute Gasteiger partial charge is 0.0620 e. The third-order valence-electron chi connectivity index (χ3n) is 12.5. The van der Waals surface area contributed by atoms with Gasteiger partial charge >= 0.3 is 0 Å². The van der Waals surface area contributed by atoms with Crippen LogP contribution in [0.3, 0.4) is 0 Å². The molecule has 0 heterocycles. The summed E-state index contributed by atoms with van der Waals surface area (Å²) < 4.78 is 0. The molecule has 0 nitrogen and oxygen atoms in total. The molecule has 0 N–H and O–H groups in total. The summed E-state index contributed by atoms with van der Waals surface area (Å²) in [7, 11) is 0. The lowest BCUT2D eigenvalue weighted by atomic mass is 9.50. The Balaban J connectivity index is 1.48. The Morgan fingerprint density at radius 1 is 0.581 bits per heavy atom. The van der Waals surface area contributed by atoms with Crippen LogP contribution < -0.4 is 0 Å². The predicted molar refractivity (Wildman–Crippen MR) is 136 cm³/mol. The maximum Gasteiger partial charge on any atom is -0.0266 e. The highest BCUT2D eigenvalue weighted by Crippen LogP contribution is 2.59. The van der Waals surface area contributed by atoms with E-state index in [1.165, 1.54) is 89.9 Å². The Morgan fingerprint density at radius 3 is 1.81 bits per heavy atom. The normalized spacial score (nSPS) is 48.9. The van der Waals surface area contributed by atoms with E-state index in [2.05, 4.69) is 34.6 Å². The molecule has 4 fully saturated rings. The second kappa shape index (κ2) is 9.70. The van der Waals surface area contributed by atoms with Crippen molar-refractivity contribution >= 4 is 0 Å². The smallest absolute Gasteiger partial charge is 0.0266 e. The second-order valence-corrected chi connectivity index (χ2v) is 14.1. The van der Waals surface area contributed by atoms with Gasteiger partial charge in [0.05, 0.1) is 0 Å². The van der Waals surface area contributed by atoms with Crippen LogP contribution in [-0.4, -0.2) is 0 Å². The van der Waals surface area contributed by atoms with Gasteiger partial charge in [-0.25, -0.2) is 0 Å². The molecule has 0 radical (unpaired) electrons. The lowest BCUT2D eigenvalue weighted by Crippen LogP contribution is -2.46. The van der Waals surface area contributed by atoms with E-state index in [1.54, 1.807) is 25.7 Å². The van der Waals surface area contributed by atoms with Gasteiger partial charge in [-0.05, 0) is 104 Å². The highest BCUT2D eigenvalue weighted by Gasteiger charge is 2.50. The second-order valence-electron chi connectivity index (χ2n) is 14.1. The van der Waals surface area contributed by atoms with Gasteiger partial charge in [0, 0.05) is 0 Å². The summed E-state index contributed by atoms with van der Waals surface area (Å²) in [5.41, 5.74) is 1.88. The monoisotopic (exact) mass is 428 g/mol. The molecule has 0 bridgehead atoms. The molecular weight excluding hydrogens is 372 g/mol. The standard InChI is InChI=1S/C31H56/c1-24-12-8-10-19-29(24,3)21-18-27-17-16-26-14-6-7-15-28(26)31(27,5)23-22-30(4)20-11-9-13-25(30)2/h24-28H,6-23H2,1-5H3.